The number of carbonyl (C=O) groups is 1. The summed E-state index contributed by atoms with van der Waals surface area (Å²) in [6, 6.07) is 7.44. The van der Waals surface area contributed by atoms with Crippen LogP contribution in [0, 0.1) is 6.92 Å². The van der Waals surface area contributed by atoms with Crippen LogP contribution >= 0.6 is 34.3 Å². The van der Waals surface area contributed by atoms with Crippen LogP contribution in [0.2, 0.25) is 5.02 Å². The molecule has 4 nitrogen and oxygen atoms in total. The zero-order valence-corrected chi connectivity index (χ0v) is 14.1. The van der Waals surface area contributed by atoms with Crippen molar-refractivity contribution in [1.82, 2.24) is 9.97 Å². The lowest BCUT2D eigenvalue weighted by atomic mass is 10.2. The molecule has 3 aromatic rings. The van der Waals surface area contributed by atoms with Gasteiger partial charge in [-0.3, -0.25) is 4.79 Å². The van der Waals surface area contributed by atoms with Gasteiger partial charge in [-0.2, -0.15) is 0 Å². The SMILES string of the molecule is Cc1nc(CC(=O)Nc2nc(-c3ccc(Cl)cc3)cs2)cs1. The fourth-order valence-electron chi connectivity index (χ4n) is 1.90. The summed E-state index contributed by atoms with van der Waals surface area (Å²) >= 11 is 8.81. The minimum Gasteiger partial charge on any atom is -0.302 e. The van der Waals surface area contributed by atoms with E-state index in [0.717, 1.165) is 22.0 Å². The molecule has 0 unspecified atom stereocenters. The van der Waals surface area contributed by atoms with Gasteiger partial charge in [0.15, 0.2) is 5.13 Å². The van der Waals surface area contributed by atoms with Crippen LogP contribution in [-0.4, -0.2) is 15.9 Å². The third kappa shape index (κ3) is 3.71. The lowest BCUT2D eigenvalue weighted by Gasteiger charge is -1.99. The lowest BCUT2D eigenvalue weighted by Crippen LogP contribution is -2.14. The number of amides is 1. The number of hydrogen-bond acceptors (Lipinski definition) is 5. The van der Waals surface area contributed by atoms with Gasteiger partial charge >= 0.3 is 0 Å². The average molecular weight is 350 g/mol. The van der Waals surface area contributed by atoms with Crippen LogP contribution in [-0.2, 0) is 11.2 Å². The Kier molecular flexibility index (Phi) is 4.52. The molecule has 0 aliphatic heterocycles. The molecule has 0 saturated heterocycles. The van der Waals surface area contributed by atoms with E-state index in [1.165, 1.54) is 11.3 Å². The van der Waals surface area contributed by atoms with E-state index in [9.17, 15) is 4.79 Å². The van der Waals surface area contributed by atoms with Gasteiger partial charge in [-0.1, -0.05) is 23.7 Å². The monoisotopic (exact) mass is 349 g/mol. The van der Waals surface area contributed by atoms with Gasteiger partial charge in [0, 0.05) is 21.3 Å². The number of aryl methyl sites for hydroxylation is 1. The Balaban J connectivity index is 1.66. The first kappa shape index (κ1) is 15.1. The molecule has 0 atom stereocenters. The Morgan fingerprint density at radius 2 is 1.95 bits per heavy atom. The molecule has 0 saturated carbocycles. The number of carbonyl (C=O) groups excluding carboxylic acids is 1. The number of rotatable bonds is 4. The Morgan fingerprint density at radius 1 is 1.18 bits per heavy atom. The van der Waals surface area contributed by atoms with E-state index in [4.69, 9.17) is 11.6 Å². The minimum absolute atomic E-state index is 0.109. The molecular formula is C15H12ClN3OS2. The third-order valence-corrected chi connectivity index (χ3v) is 4.73. The first-order chi connectivity index (χ1) is 10.6. The zero-order valence-electron chi connectivity index (χ0n) is 11.7. The fourth-order valence-corrected chi connectivity index (χ4v) is 3.38. The molecule has 3 rings (SSSR count). The number of nitrogens with one attached hydrogen (secondary N) is 1. The summed E-state index contributed by atoms with van der Waals surface area (Å²) in [6.45, 7) is 1.92. The van der Waals surface area contributed by atoms with Crippen LogP contribution in [0.3, 0.4) is 0 Å². The number of aromatic nitrogens is 2. The normalized spacial score (nSPS) is 10.6. The van der Waals surface area contributed by atoms with Crippen LogP contribution < -0.4 is 5.32 Å². The predicted octanol–water partition coefficient (Wildman–Crippen LogP) is 4.41. The van der Waals surface area contributed by atoms with Gasteiger partial charge < -0.3 is 5.32 Å². The molecule has 2 heterocycles. The fraction of sp³-hybridized carbons (Fsp3) is 0.133. The van der Waals surface area contributed by atoms with Gasteiger partial charge in [0.25, 0.3) is 0 Å². The van der Waals surface area contributed by atoms with Crippen molar-refractivity contribution >= 4 is 45.3 Å². The highest BCUT2D eigenvalue weighted by molar-refractivity contribution is 7.14. The molecule has 0 spiro atoms. The Labute approximate surface area is 140 Å². The summed E-state index contributed by atoms with van der Waals surface area (Å²) < 4.78 is 0. The standard InChI is InChI=1S/C15H12ClN3OS2/c1-9-17-12(7-21-9)6-14(20)19-15-18-13(8-22-15)10-2-4-11(16)5-3-10/h2-5,7-8H,6H2,1H3,(H,18,19,20). The quantitative estimate of drug-likeness (QED) is 0.759. The predicted molar refractivity (Wildman–Crippen MR) is 91.7 cm³/mol. The summed E-state index contributed by atoms with van der Waals surface area (Å²) in [5.41, 5.74) is 2.58. The van der Waals surface area contributed by atoms with E-state index in [2.05, 4.69) is 15.3 Å². The highest BCUT2D eigenvalue weighted by Gasteiger charge is 2.10. The molecule has 7 heteroatoms. The second-order valence-electron chi connectivity index (χ2n) is 4.63. The van der Waals surface area contributed by atoms with Crippen LogP contribution in [0.15, 0.2) is 35.0 Å². The lowest BCUT2D eigenvalue weighted by molar-refractivity contribution is -0.115. The van der Waals surface area contributed by atoms with Gasteiger partial charge in [0.1, 0.15) is 0 Å². The van der Waals surface area contributed by atoms with Gasteiger partial charge in [-0.05, 0) is 19.1 Å². The molecule has 2 aromatic heterocycles. The Morgan fingerprint density at radius 3 is 2.64 bits per heavy atom. The zero-order chi connectivity index (χ0) is 15.5. The van der Waals surface area contributed by atoms with Crippen molar-refractivity contribution < 1.29 is 4.79 Å². The van der Waals surface area contributed by atoms with Crippen molar-refractivity contribution in [3.8, 4) is 11.3 Å². The molecule has 0 bridgehead atoms. The van der Waals surface area contributed by atoms with Crippen molar-refractivity contribution in [1.29, 1.82) is 0 Å². The van der Waals surface area contributed by atoms with Crippen LogP contribution in [0.25, 0.3) is 11.3 Å². The van der Waals surface area contributed by atoms with Crippen molar-refractivity contribution in [3.05, 3.63) is 50.7 Å². The summed E-state index contributed by atoms with van der Waals surface area (Å²) in [7, 11) is 0. The number of nitrogens with zero attached hydrogens (tertiary/aromatic N) is 2. The molecular weight excluding hydrogens is 338 g/mol. The van der Waals surface area contributed by atoms with Gasteiger partial charge in [0.05, 0.1) is 22.8 Å². The van der Waals surface area contributed by atoms with Gasteiger partial charge in [0.2, 0.25) is 5.91 Å². The molecule has 22 heavy (non-hydrogen) atoms. The number of anilines is 1. The summed E-state index contributed by atoms with van der Waals surface area (Å²) in [5, 5.41) is 8.85. The highest BCUT2D eigenvalue weighted by Crippen LogP contribution is 2.26. The molecule has 1 N–H and O–H groups in total. The molecule has 0 aliphatic carbocycles. The maximum absolute atomic E-state index is 12.0. The number of hydrogen-bond donors (Lipinski definition) is 1. The van der Waals surface area contributed by atoms with Gasteiger partial charge in [-0.25, -0.2) is 9.97 Å². The third-order valence-electron chi connectivity index (χ3n) is 2.90. The molecule has 0 aliphatic rings. The summed E-state index contributed by atoms with van der Waals surface area (Å²) in [5.74, 6) is -0.109. The minimum atomic E-state index is -0.109. The van der Waals surface area contributed by atoms with Gasteiger partial charge in [-0.15, -0.1) is 22.7 Å². The molecule has 1 amide bonds. The van der Waals surface area contributed by atoms with E-state index in [-0.39, 0.29) is 12.3 Å². The largest absolute Gasteiger partial charge is 0.302 e. The number of benzene rings is 1. The topological polar surface area (TPSA) is 54.9 Å². The molecule has 112 valence electrons. The molecule has 0 radical (unpaired) electrons. The van der Waals surface area contributed by atoms with Crippen LogP contribution in [0.4, 0.5) is 5.13 Å². The number of halogens is 1. The van der Waals surface area contributed by atoms with E-state index in [0.29, 0.717) is 10.2 Å². The van der Waals surface area contributed by atoms with Crippen molar-refractivity contribution in [3.63, 3.8) is 0 Å². The summed E-state index contributed by atoms with van der Waals surface area (Å²) in [6.07, 6.45) is 0.264. The van der Waals surface area contributed by atoms with E-state index in [1.807, 2.05) is 41.9 Å². The van der Waals surface area contributed by atoms with E-state index in [1.54, 1.807) is 11.3 Å². The maximum Gasteiger partial charge on any atom is 0.232 e. The van der Waals surface area contributed by atoms with Crippen molar-refractivity contribution in [2.75, 3.05) is 5.32 Å². The Hall–Kier alpha value is -1.76. The number of thiazole rings is 2. The second-order valence-corrected chi connectivity index (χ2v) is 6.98. The molecule has 1 aromatic carbocycles. The smallest absolute Gasteiger partial charge is 0.232 e. The van der Waals surface area contributed by atoms with Crippen LogP contribution in [0.5, 0.6) is 0 Å². The van der Waals surface area contributed by atoms with Crippen LogP contribution in [0.1, 0.15) is 10.7 Å². The van der Waals surface area contributed by atoms with E-state index >= 15 is 0 Å². The Bertz CT molecular complexity index is 795. The first-order valence-electron chi connectivity index (χ1n) is 6.52. The second kappa shape index (κ2) is 6.56. The van der Waals surface area contributed by atoms with Crippen molar-refractivity contribution in [2.45, 2.75) is 13.3 Å². The van der Waals surface area contributed by atoms with E-state index < -0.39 is 0 Å². The van der Waals surface area contributed by atoms with Crippen molar-refractivity contribution in [2.24, 2.45) is 0 Å². The average Bonchev–Trinajstić information content (AvgIpc) is 3.09. The maximum atomic E-state index is 12.0. The summed E-state index contributed by atoms with van der Waals surface area (Å²) in [4.78, 5) is 20.7. The first-order valence-corrected chi connectivity index (χ1v) is 8.66. The molecule has 0 fully saturated rings. The highest BCUT2D eigenvalue weighted by atomic mass is 35.5.